The Bertz CT molecular complexity index is 1070. The van der Waals surface area contributed by atoms with Crippen LogP contribution in [-0.4, -0.2) is 98.0 Å². The van der Waals surface area contributed by atoms with E-state index in [0.717, 1.165) is 16.7 Å². The molecule has 2 saturated heterocycles. The number of hydrogen-bond acceptors (Lipinski definition) is 11. The zero-order chi connectivity index (χ0) is 29.8. The highest BCUT2D eigenvalue weighted by Gasteiger charge is 2.49. The van der Waals surface area contributed by atoms with E-state index >= 15 is 4.39 Å². The summed E-state index contributed by atoms with van der Waals surface area (Å²) in [6.45, 7) is 4.31. The fraction of sp³-hybridized carbons (Fsp3) is 0.800. The normalized spacial score (nSPS) is 32.7. The number of nitrogens with zero attached hydrogens (tertiary/aromatic N) is 1. The zero-order valence-corrected chi connectivity index (χ0v) is 24.5. The second-order valence-corrected chi connectivity index (χ2v) is 11.9. The van der Waals surface area contributed by atoms with Crippen molar-refractivity contribution in [2.75, 3.05) is 12.8 Å². The molecule has 0 aromatic carbocycles. The minimum atomic E-state index is -1.59. The highest BCUT2D eigenvalue weighted by atomic mass is 35.5. The number of ether oxygens (including phenoxy) is 2. The van der Waals surface area contributed by atoms with Crippen LogP contribution >= 0.6 is 23.4 Å². The molecule has 2 aliphatic heterocycles. The molecule has 1 aromatic rings. The molecule has 2 amide bonds. The van der Waals surface area contributed by atoms with Crippen molar-refractivity contribution in [3.8, 4) is 0 Å². The molecule has 228 valence electrons. The molecule has 9 atom stereocenters. The van der Waals surface area contributed by atoms with E-state index in [1.54, 1.807) is 13.2 Å². The largest absolute Gasteiger partial charge is 0.519 e. The van der Waals surface area contributed by atoms with Crippen molar-refractivity contribution in [1.82, 2.24) is 10.2 Å². The number of carbonyl (C=O) groups is 2. The quantitative estimate of drug-likeness (QED) is 0.300. The Balaban J connectivity index is 1.82. The number of alkyl halides is 2. The van der Waals surface area contributed by atoms with Crippen LogP contribution in [0.2, 0.25) is 0 Å². The molecule has 0 radical (unpaired) electrons. The first-order chi connectivity index (χ1) is 18.8. The predicted molar refractivity (Wildman–Crippen MR) is 143 cm³/mol. The lowest BCUT2D eigenvalue weighted by Crippen LogP contribution is -2.65. The molecule has 1 aromatic heterocycles. The molecular weight excluding hydrogens is 575 g/mol. The van der Waals surface area contributed by atoms with Gasteiger partial charge in [0.1, 0.15) is 41.6 Å². The van der Waals surface area contributed by atoms with Crippen LogP contribution in [0.1, 0.15) is 57.5 Å². The number of aliphatic hydroxyl groups is 3. The summed E-state index contributed by atoms with van der Waals surface area (Å²) in [5, 5.41) is 33.1. The summed E-state index contributed by atoms with van der Waals surface area (Å²) in [6.07, 6.45) is -4.15. The standard InChI is InChI=1S/C25H38ClFN2O10S/c1-5-7-25(27)8-6-14(29(10-9-25)23(34)36-11-15-13(3)37-24(35)38-15)21(33)28-16(12(2)26)20-18(31)17(30)19(32)22(39-20)40-4/h12,14,16-20,22,30-32H,5-11H2,1-4H3,(H,28,33)/t12-,14-,16+,17-,18+,19+,20+,22+,25?/m0/s1. The molecule has 0 bridgehead atoms. The Labute approximate surface area is 240 Å². The van der Waals surface area contributed by atoms with Crippen molar-refractivity contribution in [3.63, 3.8) is 0 Å². The number of aliphatic hydroxyl groups excluding tert-OH is 3. The molecule has 2 aliphatic rings. The van der Waals surface area contributed by atoms with E-state index in [0.29, 0.717) is 6.42 Å². The molecule has 15 heteroatoms. The van der Waals surface area contributed by atoms with Crippen LogP contribution in [-0.2, 0) is 20.9 Å². The first-order valence-corrected chi connectivity index (χ1v) is 14.9. The van der Waals surface area contributed by atoms with Crippen LogP contribution in [0.25, 0.3) is 0 Å². The van der Waals surface area contributed by atoms with E-state index in [1.165, 1.54) is 6.92 Å². The van der Waals surface area contributed by atoms with E-state index in [4.69, 9.17) is 29.9 Å². The fourth-order valence-electron chi connectivity index (χ4n) is 5.14. The number of aryl methyl sites for hydroxylation is 1. The van der Waals surface area contributed by atoms with E-state index in [1.807, 2.05) is 6.92 Å². The minimum Gasteiger partial charge on any atom is -0.441 e. The average Bonchev–Trinajstić information content (AvgIpc) is 3.11. The van der Waals surface area contributed by atoms with E-state index in [-0.39, 0.29) is 43.7 Å². The Morgan fingerprint density at radius 3 is 2.52 bits per heavy atom. The van der Waals surface area contributed by atoms with Crippen molar-refractivity contribution in [1.29, 1.82) is 0 Å². The van der Waals surface area contributed by atoms with Crippen molar-refractivity contribution in [2.24, 2.45) is 0 Å². The summed E-state index contributed by atoms with van der Waals surface area (Å²) in [5.41, 5.74) is -2.49. The number of carbonyl (C=O) groups excluding carboxylic acids is 2. The number of hydrogen-bond donors (Lipinski definition) is 4. The van der Waals surface area contributed by atoms with Crippen molar-refractivity contribution >= 4 is 35.4 Å². The summed E-state index contributed by atoms with van der Waals surface area (Å²) in [5.74, 6) is -1.50. The minimum absolute atomic E-state index is 0.00329. The molecular formula is C25H38ClFN2O10S. The molecule has 4 N–H and O–H groups in total. The number of thioether (sulfide) groups is 1. The fourth-order valence-corrected chi connectivity index (χ4v) is 6.03. The predicted octanol–water partition coefficient (Wildman–Crippen LogP) is 1.82. The van der Waals surface area contributed by atoms with Gasteiger partial charge in [0.05, 0.1) is 11.4 Å². The van der Waals surface area contributed by atoms with E-state index in [2.05, 4.69) is 5.32 Å². The first kappa shape index (κ1) is 32.7. The van der Waals surface area contributed by atoms with Gasteiger partial charge in [0, 0.05) is 6.54 Å². The van der Waals surface area contributed by atoms with Crippen LogP contribution in [0, 0.1) is 6.92 Å². The van der Waals surface area contributed by atoms with Gasteiger partial charge in [0.15, 0.2) is 18.1 Å². The van der Waals surface area contributed by atoms with Crippen LogP contribution in [0.5, 0.6) is 0 Å². The highest BCUT2D eigenvalue weighted by Crippen LogP contribution is 2.35. The Morgan fingerprint density at radius 2 is 1.95 bits per heavy atom. The van der Waals surface area contributed by atoms with Gasteiger partial charge >= 0.3 is 11.9 Å². The maximum atomic E-state index is 15.6. The second-order valence-electron chi connectivity index (χ2n) is 10.3. The summed E-state index contributed by atoms with van der Waals surface area (Å²) in [4.78, 5) is 39.3. The molecule has 0 spiro atoms. The third-order valence-corrected chi connectivity index (χ3v) is 8.56. The lowest BCUT2D eigenvalue weighted by Gasteiger charge is -2.44. The molecule has 1 unspecified atom stereocenters. The summed E-state index contributed by atoms with van der Waals surface area (Å²) < 4.78 is 36.3. The lowest BCUT2D eigenvalue weighted by atomic mass is 9.90. The van der Waals surface area contributed by atoms with Crippen molar-refractivity contribution < 1.29 is 47.6 Å². The number of likely N-dealkylation sites (tertiary alicyclic amines) is 1. The number of amides is 2. The van der Waals surface area contributed by atoms with Crippen molar-refractivity contribution in [3.05, 3.63) is 22.1 Å². The topological polar surface area (TPSA) is 172 Å². The molecule has 12 nitrogen and oxygen atoms in total. The number of rotatable bonds is 9. The molecule has 3 heterocycles. The smallest absolute Gasteiger partial charge is 0.441 e. The monoisotopic (exact) mass is 612 g/mol. The summed E-state index contributed by atoms with van der Waals surface area (Å²) >= 11 is 7.50. The third-order valence-electron chi connectivity index (χ3n) is 7.44. The van der Waals surface area contributed by atoms with Gasteiger partial charge in [-0.05, 0) is 45.8 Å². The summed E-state index contributed by atoms with van der Waals surface area (Å²) in [6, 6.07) is -2.21. The van der Waals surface area contributed by atoms with Crippen LogP contribution in [0.3, 0.4) is 0 Å². The summed E-state index contributed by atoms with van der Waals surface area (Å²) in [7, 11) is 0. The van der Waals surface area contributed by atoms with Gasteiger partial charge in [-0.15, -0.1) is 23.4 Å². The van der Waals surface area contributed by atoms with Crippen LogP contribution < -0.4 is 11.1 Å². The maximum Gasteiger partial charge on any atom is 0.519 e. The van der Waals surface area contributed by atoms with E-state index < -0.39 is 77.4 Å². The van der Waals surface area contributed by atoms with Gasteiger partial charge in [0.25, 0.3) is 0 Å². The molecule has 2 fully saturated rings. The van der Waals surface area contributed by atoms with Gasteiger partial charge in [0.2, 0.25) is 5.91 Å². The number of halogens is 2. The molecule has 0 saturated carbocycles. The SMILES string of the molecule is CCCC1(F)CC[C@@H](C(=O)N[C@@H]([C@H]2O[C@H](SC)[C@H](O)[C@@H](O)[C@H]2O)[C@H](C)Cl)N(C(=O)OCc2oc(=O)oc2C)CC1. The zero-order valence-electron chi connectivity index (χ0n) is 22.9. The van der Waals surface area contributed by atoms with Gasteiger partial charge in [-0.25, -0.2) is 14.0 Å². The molecule has 3 rings (SSSR count). The third kappa shape index (κ3) is 7.51. The van der Waals surface area contributed by atoms with Crippen LogP contribution in [0.15, 0.2) is 13.6 Å². The van der Waals surface area contributed by atoms with Gasteiger partial charge in [-0.1, -0.05) is 13.3 Å². The maximum absolute atomic E-state index is 15.6. The Kier molecular flexibility index (Phi) is 11.3. The highest BCUT2D eigenvalue weighted by molar-refractivity contribution is 7.99. The Morgan fingerprint density at radius 1 is 1.25 bits per heavy atom. The lowest BCUT2D eigenvalue weighted by molar-refractivity contribution is -0.205. The van der Waals surface area contributed by atoms with Crippen molar-refractivity contribution in [2.45, 2.75) is 112 Å². The van der Waals surface area contributed by atoms with Gasteiger partial charge < -0.3 is 38.9 Å². The van der Waals surface area contributed by atoms with E-state index in [9.17, 15) is 29.7 Å². The van der Waals surface area contributed by atoms with Crippen LogP contribution in [0.4, 0.5) is 9.18 Å². The molecule has 0 aliphatic carbocycles. The molecule has 40 heavy (non-hydrogen) atoms. The van der Waals surface area contributed by atoms with Gasteiger partial charge in [-0.2, -0.15) is 0 Å². The first-order valence-electron chi connectivity index (χ1n) is 13.2. The number of nitrogens with one attached hydrogen (secondary N) is 1. The average molecular weight is 613 g/mol. The second kappa shape index (κ2) is 13.9. The van der Waals surface area contributed by atoms with Gasteiger partial charge in [-0.3, -0.25) is 9.69 Å². The Hall–Kier alpha value is -1.84.